The Kier molecular flexibility index (Phi) is 6.93. The van der Waals surface area contributed by atoms with Gasteiger partial charge in [0.2, 0.25) is 0 Å². The molecular formula is C17H23N3OS. The topological polar surface area (TPSA) is 56.7 Å². The summed E-state index contributed by atoms with van der Waals surface area (Å²) in [4.78, 5) is 5.79. The number of nitrogens with zero attached hydrogens (tertiary/aromatic N) is 1. The Labute approximate surface area is 135 Å². The summed E-state index contributed by atoms with van der Waals surface area (Å²) < 4.78 is 0. The van der Waals surface area contributed by atoms with Crippen molar-refractivity contribution in [3.63, 3.8) is 0 Å². The number of benzene rings is 1. The van der Waals surface area contributed by atoms with Crippen molar-refractivity contribution in [2.24, 2.45) is 4.99 Å². The Morgan fingerprint density at radius 3 is 2.68 bits per heavy atom. The van der Waals surface area contributed by atoms with E-state index in [9.17, 15) is 5.11 Å². The number of aliphatic hydroxyl groups is 1. The van der Waals surface area contributed by atoms with Gasteiger partial charge >= 0.3 is 0 Å². The third-order valence-electron chi connectivity index (χ3n) is 3.21. The molecule has 1 unspecified atom stereocenters. The highest BCUT2D eigenvalue weighted by Gasteiger charge is 2.06. The van der Waals surface area contributed by atoms with Gasteiger partial charge in [0, 0.05) is 18.0 Å². The first-order valence-electron chi connectivity index (χ1n) is 7.57. The van der Waals surface area contributed by atoms with Crippen LogP contribution in [0.5, 0.6) is 0 Å². The molecule has 0 saturated heterocycles. The van der Waals surface area contributed by atoms with Crippen LogP contribution in [0.2, 0.25) is 0 Å². The molecule has 2 aromatic rings. The minimum atomic E-state index is -0.450. The molecule has 0 amide bonds. The molecule has 1 aromatic carbocycles. The summed E-state index contributed by atoms with van der Waals surface area (Å²) in [6, 6.07) is 13.8. The molecule has 0 spiro atoms. The highest BCUT2D eigenvalue weighted by Crippen LogP contribution is 2.14. The molecular weight excluding hydrogens is 294 g/mol. The molecule has 4 nitrogen and oxygen atoms in total. The fourth-order valence-electron chi connectivity index (χ4n) is 2.07. The van der Waals surface area contributed by atoms with Crippen molar-refractivity contribution in [1.29, 1.82) is 0 Å². The zero-order valence-corrected chi connectivity index (χ0v) is 13.6. The van der Waals surface area contributed by atoms with E-state index in [4.69, 9.17) is 0 Å². The van der Waals surface area contributed by atoms with Gasteiger partial charge in [0.25, 0.3) is 0 Å². The van der Waals surface area contributed by atoms with E-state index < -0.39 is 6.10 Å². The second kappa shape index (κ2) is 9.23. The van der Waals surface area contributed by atoms with Crippen LogP contribution in [0.1, 0.15) is 29.9 Å². The quantitative estimate of drug-likeness (QED) is 0.543. The summed E-state index contributed by atoms with van der Waals surface area (Å²) in [5.41, 5.74) is 0.949. The molecule has 1 aromatic heterocycles. The number of hydrogen-bond donors (Lipinski definition) is 3. The van der Waals surface area contributed by atoms with E-state index in [0.29, 0.717) is 19.5 Å². The third kappa shape index (κ3) is 5.50. The maximum absolute atomic E-state index is 10.1. The molecule has 3 N–H and O–H groups in total. The molecule has 0 radical (unpaired) electrons. The SMILES string of the molecule is CCNC(=NCc1cccs1)NCCC(O)c1ccccc1. The summed E-state index contributed by atoms with van der Waals surface area (Å²) in [5, 5.41) is 18.7. The largest absolute Gasteiger partial charge is 0.388 e. The van der Waals surface area contributed by atoms with Gasteiger partial charge in [-0.05, 0) is 30.4 Å². The lowest BCUT2D eigenvalue weighted by Gasteiger charge is -2.14. The maximum Gasteiger partial charge on any atom is 0.191 e. The van der Waals surface area contributed by atoms with Crippen molar-refractivity contribution in [2.45, 2.75) is 26.0 Å². The number of aliphatic hydroxyl groups excluding tert-OH is 1. The van der Waals surface area contributed by atoms with Crippen LogP contribution >= 0.6 is 11.3 Å². The van der Waals surface area contributed by atoms with Gasteiger partial charge in [-0.3, -0.25) is 0 Å². The highest BCUT2D eigenvalue weighted by atomic mass is 32.1. The standard InChI is InChI=1S/C17H23N3OS/c1-2-18-17(20-13-15-9-6-12-22-15)19-11-10-16(21)14-7-4-3-5-8-14/h3-9,12,16,21H,2,10-11,13H2,1H3,(H2,18,19,20). The molecule has 1 atom stereocenters. The molecule has 0 aliphatic heterocycles. The molecule has 5 heteroatoms. The smallest absolute Gasteiger partial charge is 0.191 e. The molecule has 118 valence electrons. The second-order valence-electron chi connectivity index (χ2n) is 4.92. The minimum absolute atomic E-state index is 0.450. The molecule has 22 heavy (non-hydrogen) atoms. The zero-order valence-electron chi connectivity index (χ0n) is 12.8. The van der Waals surface area contributed by atoms with Gasteiger partial charge in [0.15, 0.2) is 5.96 Å². The first-order chi connectivity index (χ1) is 10.8. The Balaban J connectivity index is 1.80. The van der Waals surface area contributed by atoms with Gasteiger partial charge in [-0.2, -0.15) is 0 Å². The van der Waals surface area contributed by atoms with E-state index in [0.717, 1.165) is 18.1 Å². The summed E-state index contributed by atoms with van der Waals surface area (Å²) in [5.74, 6) is 0.788. The average molecular weight is 317 g/mol. The zero-order chi connectivity index (χ0) is 15.6. The van der Waals surface area contributed by atoms with Crippen LogP contribution in [-0.4, -0.2) is 24.2 Å². The average Bonchev–Trinajstić information content (AvgIpc) is 3.06. The van der Waals surface area contributed by atoms with Gasteiger partial charge < -0.3 is 15.7 Å². The Bertz CT molecular complexity index is 555. The van der Waals surface area contributed by atoms with E-state index in [2.05, 4.69) is 27.1 Å². The van der Waals surface area contributed by atoms with Crippen LogP contribution < -0.4 is 10.6 Å². The molecule has 0 aliphatic rings. The lowest BCUT2D eigenvalue weighted by atomic mass is 10.1. The van der Waals surface area contributed by atoms with Crippen LogP contribution in [0, 0.1) is 0 Å². The summed E-state index contributed by atoms with van der Waals surface area (Å²) in [6.07, 6.45) is 0.196. The number of hydrogen-bond acceptors (Lipinski definition) is 3. The van der Waals surface area contributed by atoms with Gasteiger partial charge in [0.1, 0.15) is 0 Å². The van der Waals surface area contributed by atoms with E-state index >= 15 is 0 Å². The van der Waals surface area contributed by atoms with Crippen LogP contribution in [-0.2, 0) is 6.54 Å². The molecule has 1 heterocycles. The fraction of sp³-hybridized carbons (Fsp3) is 0.353. The Hall–Kier alpha value is -1.85. The Morgan fingerprint density at radius 1 is 1.18 bits per heavy atom. The van der Waals surface area contributed by atoms with Crippen LogP contribution in [0.25, 0.3) is 0 Å². The van der Waals surface area contributed by atoms with Gasteiger partial charge in [-0.1, -0.05) is 36.4 Å². The van der Waals surface area contributed by atoms with Crippen LogP contribution in [0.4, 0.5) is 0 Å². The van der Waals surface area contributed by atoms with Crippen LogP contribution in [0.3, 0.4) is 0 Å². The number of thiophene rings is 1. The number of guanidine groups is 1. The first kappa shape index (κ1) is 16.5. The fourth-order valence-corrected chi connectivity index (χ4v) is 2.70. The molecule has 0 fully saturated rings. The predicted octanol–water partition coefficient (Wildman–Crippen LogP) is 2.93. The van der Waals surface area contributed by atoms with Crippen molar-refractivity contribution in [1.82, 2.24) is 10.6 Å². The summed E-state index contributed by atoms with van der Waals surface area (Å²) in [7, 11) is 0. The number of nitrogens with one attached hydrogen (secondary N) is 2. The van der Waals surface area contributed by atoms with E-state index in [-0.39, 0.29) is 0 Å². The van der Waals surface area contributed by atoms with Gasteiger partial charge in [0.05, 0.1) is 12.6 Å². The monoisotopic (exact) mass is 317 g/mol. The molecule has 2 rings (SSSR count). The van der Waals surface area contributed by atoms with Gasteiger partial charge in [-0.25, -0.2) is 4.99 Å². The van der Waals surface area contributed by atoms with Crippen molar-refractivity contribution in [2.75, 3.05) is 13.1 Å². The molecule has 0 saturated carbocycles. The Morgan fingerprint density at radius 2 is 2.00 bits per heavy atom. The number of aliphatic imine (C=N–C) groups is 1. The van der Waals surface area contributed by atoms with Crippen molar-refractivity contribution in [3.8, 4) is 0 Å². The minimum Gasteiger partial charge on any atom is -0.388 e. The lowest BCUT2D eigenvalue weighted by molar-refractivity contribution is 0.168. The third-order valence-corrected chi connectivity index (χ3v) is 4.07. The van der Waals surface area contributed by atoms with Crippen molar-refractivity contribution < 1.29 is 5.11 Å². The van der Waals surface area contributed by atoms with Crippen molar-refractivity contribution in [3.05, 3.63) is 58.3 Å². The lowest BCUT2D eigenvalue weighted by Crippen LogP contribution is -2.38. The van der Waals surface area contributed by atoms with E-state index in [1.165, 1.54) is 4.88 Å². The summed E-state index contributed by atoms with van der Waals surface area (Å²) >= 11 is 1.71. The van der Waals surface area contributed by atoms with Crippen LogP contribution in [0.15, 0.2) is 52.8 Å². The van der Waals surface area contributed by atoms with Crippen molar-refractivity contribution >= 4 is 17.3 Å². The van der Waals surface area contributed by atoms with Gasteiger partial charge in [-0.15, -0.1) is 11.3 Å². The molecule has 0 bridgehead atoms. The first-order valence-corrected chi connectivity index (χ1v) is 8.45. The number of rotatable bonds is 7. The highest BCUT2D eigenvalue weighted by molar-refractivity contribution is 7.09. The maximum atomic E-state index is 10.1. The second-order valence-corrected chi connectivity index (χ2v) is 5.95. The normalized spacial score (nSPS) is 12.9. The predicted molar refractivity (Wildman–Crippen MR) is 93.2 cm³/mol. The van der Waals surface area contributed by atoms with E-state index in [1.807, 2.05) is 43.3 Å². The summed E-state index contributed by atoms with van der Waals surface area (Å²) in [6.45, 7) is 4.21. The molecule has 0 aliphatic carbocycles. The van der Waals surface area contributed by atoms with E-state index in [1.54, 1.807) is 11.3 Å².